The maximum atomic E-state index is 12.8. The molecule has 6 heteroatoms. The Morgan fingerprint density at radius 2 is 0.550 bits per heavy atom. The first-order valence-corrected chi connectivity index (χ1v) is 26.3. The van der Waals surface area contributed by atoms with Gasteiger partial charge in [0.1, 0.15) is 13.2 Å². The lowest BCUT2D eigenvalue weighted by molar-refractivity contribution is -0.167. The summed E-state index contributed by atoms with van der Waals surface area (Å²) in [6.07, 6.45) is 55.8. The molecule has 1 atom stereocenters. The predicted molar refractivity (Wildman–Crippen MR) is 256 cm³/mol. The van der Waals surface area contributed by atoms with Crippen molar-refractivity contribution < 1.29 is 28.6 Å². The standard InChI is InChI=1S/C54H100O6/c1-4-7-10-13-16-19-22-25-27-29-32-35-38-41-44-47-53(56)59-50-51(49-58-52(55)46-43-40-37-34-31-24-21-18-15-12-9-6-3)60-54(57)48-45-42-39-36-33-30-28-26-23-20-17-14-11-8-5-2/h20,23,25,27,51H,4-19,21-22,24,26,28-50H2,1-3H3/b23-20-,27-25-/t51-/m0/s1. The molecule has 0 aliphatic rings. The van der Waals surface area contributed by atoms with E-state index in [-0.39, 0.29) is 31.1 Å². The van der Waals surface area contributed by atoms with Gasteiger partial charge in [0.15, 0.2) is 6.10 Å². The monoisotopic (exact) mass is 845 g/mol. The van der Waals surface area contributed by atoms with Gasteiger partial charge in [0.25, 0.3) is 0 Å². The highest BCUT2D eigenvalue weighted by molar-refractivity contribution is 5.71. The van der Waals surface area contributed by atoms with Gasteiger partial charge >= 0.3 is 17.9 Å². The van der Waals surface area contributed by atoms with Crippen molar-refractivity contribution in [2.45, 2.75) is 290 Å². The molecule has 0 aliphatic heterocycles. The molecule has 0 aliphatic carbocycles. The first-order chi connectivity index (χ1) is 29.5. The van der Waals surface area contributed by atoms with Gasteiger partial charge in [0, 0.05) is 19.3 Å². The van der Waals surface area contributed by atoms with Crippen molar-refractivity contribution in [3.8, 4) is 0 Å². The molecule has 0 aromatic heterocycles. The van der Waals surface area contributed by atoms with Crippen LogP contribution in [0.3, 0.4) is 0 Å². The average molecular weight is 845 g/mol. The molecule has 0 aromatic carbocycles. The van der Waals surface area contributed by atoms with Gasteiger partial charge in [-0.2, -0.15) is 0 Å². The van der Waals surface area contributed by atoms with Crippen molar-refractivity contribution in [2.24, 2.45) is 0 Å². The summed E-state index contributed by atoms with van der Waals surface area (Å²) in [7, 11) is 0. The molecule has 0 rings (SSSR count). The molecule has 0 N–H and O–H groups in total. The molecular weight excluding hydrogens is 745 g/mol. The first-order valence-electron chi connectivity index (χ1n) is 26.3. The Hall–Kier alpha value is -2.11. The van der Waals surface area contributed by atoms with Gasteiger partial charge in [0.2, 0.25) is 0 Å². The van der Waals surface area contributed by atoms with E-state index in [1.54, 1.807) is 0 Å². The number of hydrogen-bond acceptors (Lipinski definition) is 6. The minimum Gasteiger partial charge on any atom is -0.462 e. The minimum atomic E-state index is -0.771. The van der Waals surface area contributed by atoms with E-state index in [0.29, 0.717) is 19.3 Å². The van der Waals surface area contributed by atoms with E-state index in [0.717, 1.165) is 64.2 Å². The normalized spacial score (nSPS) is 12.1. The second kappa shape index (κ2) is 49.5. The molecule has 0 aromatic rings. The maximum Gasteiger partial charge on any atom is 0.306 e. The van der Waals surface area contributed by atoms with E-state index >= 15 is 0 Å². The summed E-state index contributed by atoms with van der Waals surface area (Å²) >= 11 is 0. The van der Waals surface area contributed by atoms with E-state index in [4.69, 9.17) is 14.2 Å². The lowest BCUT2D eigenvalue weighted by Crippen LogP contribution is -2.30. The molecule has 60 heavy (non-hydrogen) atoms. The summed E-state index contributed by atoms with van der Waals surface area (Å²) in [6, 6.07) is 0. The molecule has 0 bridgehead atoms. The van der Waals surface area contributed by atoms with E-state index in [1.165, 1.54) is 180 Å². The van der Waals surface area contributed by atoms with Gasteiger partial charge in [0.05, 0.1) is 0 Å². The second-order valence-corrected chi connectivity index (χ2v) is 17.8. The van der Waals surface area contributed by atoms with Crippen LogP contribution in [0, 0.1) is 0 Å². The Balaban J connectivity index is 4.36. The summed E-state index contributed by atoms with van der Waals surface area (Å²) in [4.78, 5) is 38.0. The van der Waals surface area contributed by atoms with E-state index in [1.807, 2.05) is 0 Å². The molecule has 6 nitrogen and oxygen atoms in total. The molecule has 0 saturated carbocycles. The third kappa shape index (κ3) is 46.9. The van der Waals surface area contributed by atoms with Crippen molar-refractivity contribution in [2.75, 3.05) is 13.2 Å². The van der Waals surface area contributed by atoms with Crippen LogP contribution in [0.5, 0.6) is 0 Å². The SMILES string of the molecule is CCCCCC/C=C\CCCCCCCCCC(=O)O[C@H](COC(=O)CCCCCCC/C=C\CCCCCCCC)COC(=O)CCCCCCCCCCCCCC. The molecule has 0 unspecified atom stereocenters. The number of rotatable bonds is 48. The summed E-state index contributed by atoms with van der Waals surface area (Å²) in [5.74, 6) is -0.872. The third-order valence-corrected chi connectivity index (χ3v) is 11.7. The number of carbonyl (C=O) groups is 3. The van der Waals surface area contributed by atoms with Crippen LogP contribution in [0.15, 0.2) is 24.3 Å². The van der Waals surface area contributed by atoms with Gasteiger partial charge in [-0.25, -0.2) is 0 Å². The van der Waals surface area contributed by atoms with Gasteiger partial charge in [-0.3, -0.25) is 14.4 Å². The van der Waals surface area contributed by atoms with Crippen LogP contribution in [-0.2, 0) is 28.6 Å². The topological polar surface area (TPSA) is 78.9 Å². The van der Waals surface area contributed by atoms with Crippen molar-refractivity contribution in [1.29, 1.82) is 0 Å². The summed E-state index contributed by atoms with van der Waals surface area (Å²) in [6.45, 7) is 6.63. The summed E-state index contributed by atoms with van der Waals surface area (Å²) in [5.41, 5.74) is 0. The quantitative estimate of drug-likeness (QED) is 0.0263. The smallest absolute Gasteiger partial charge is 0.306 e. The highest BCUT2D eigenvalue weighted by atomic mass is 16.6. The van der Waals surface area contributed by atoms with Crippen LogP contribution in [0.4, 0.5) is 0 Å². The number of unbranched alkanes of at least 4 members (excludes halogenated alkanes) is 33. The number of hydrogen-bond donors (Lipinski definition) is 0. The second-order valence-electron chi connectivity index (χ2n) is 17.8. The van der Waals surface area contributed by atoms with E-state index in [2.05, 4.69) is 45.1 Å². The van der Waals surface area contributed by atoms with Gasteiger partial charge < -0.3 is 14.2 Å². The van der Waals surface area contributed by atoms with Gasteiger partial charge in [-0.15, -0.1) is 0 Å². The third-order valence-electron chi connectivity index (χ3n) is 11.7. The zero-order chi connectivity index (χ0) is 43.7. The van der Waals surface area contributed by atoms with Crippen LogP contribution in [0.1, 0.15) is 284 Å². The molecule has 0 fully saturated rings. The molecule has 0 heterocycles. The van der Waals surface area contributed by atoms with Crippen molar-refractivity contribution in [3.63, 3.8) is 0 Å². The van der Waals surface area contributed by atoms with Crippen LogP contribution >= 0.6 is 0 Å². The minimum absolute atomic E-state index is 0.0719. The molecular formula is C54H100O6. The van der Waals surface area contributed by atoms with Crippen molar-refractivity contribution in [1.82, 2.24) is 0 Å². The summed E-state index contributed by atoms with van der Waals surface area (Å²) < 4.78 is 16.8. The number of ether oxygens (including phenoxy) is 3. The van der Waals surface area contributed by atoms with Gasteiger partial charge in [-0.1, -0.05) is 218 Å². The molecule has 352 valence electrons. The number of carbonyl (C=O) groups excluding carboxylic acids is 3. The van der Waals surface area contributed by atoms with Crippen LogP contribution in [0.25, 0.3) is 0 Å². The Morgan fingerprint density at radius 3 is 0.850 bits per heavy atom. The molecule has 0 amide bonds. The number of allylic oxidation sites excluding steroid dienone is 4. The zero-order valence-corrected chi connectivity index (χ0v) is 40.2. The lowest BCUT2D eigenvalue weighted by atomic mass is 10.0. The first kappa shape index (κ1) is 57.9. The van der Waals surface area contributed by atoms with Crippen molar-refractivity contribution >= 4 is 17.9 Å². The predicted octanol–water partition coefficient (Wildman–Crippen LogP) is 17.2. The highest BCUT2D eigenvalue weighted by Crippen LogP contribution is 2.15. The highest BCUT2D eigenvalue weighted by Gasteiger charge is 2.19. The fourth-order valence-corrected chi connectivity index (χ4v) is 7.67. The number of esters is 3. The molecule has 0 radical (unpaired) electrons. The van der Waals surface area contributed by atoms with Crippen LogP contribution in [0.2, 0.25) is 0 Å². The summed E-state index contributed by atoms with van der Waals surface area (Å²) in [5, 5.41) is 0. The van der Waals surface area contributed by atoms with E-state index in [9.17, 15) is 14.4 Å². The fourth-order valence-electron chi connectivity index (χ4n) is 7.67. The van der Waals surface area contributed by atoms with E-state index < -0.39 is 6.10 Å². The average Bonchev–Trinajstić information content (AvgIpc) is 3.24. The lowest BCUT2D eigenvalue weighted by Gasteiger charge is -2.18. The van der Waals surface area contributed by atoms with Crippen LogP contribution < -0.4 is 0 Å². The fraction of sp³-hybridized carbons (Fsp3) is 0.870. The van der Waals surface area contributed by atoms with Gasteiger partial charge in [-0.05, 0) is 70.6 Å². The molecule has 0 saturated heterocycles. The Bertz CT molecular complexity index is 973. The maximum absolute atomic E-state index is 12.8. The Morgan fingerprint density at radius 1 is 0.317 bits per heavy atom. The Kier molecular flexibility index (Phi) is 47.8. The zero-order valence-electron chi connectivity index (χ0n) is 40.2. The molecule has 0 spiro atoms. The van der Waals surface area contributed by atoms with Crippen molar-refractivity contribution in [3.05, 3.63) is 24.3 Å². The Labute approximate surface area is 373 Å². The van der Waals surface area contributed by atoms with Crippen LogP contribution in [-0.4, -0.2) is 37.2 Å². The largest absolute Gasteiger partial charge is 0.462 e.